The van der Waals surface area contributed by atoms with E-state index in [0.717, 1.165) is 12.2 Å². The molecule has 1 aromatic heterocycles. The number of ether oxygens (including phenoxy) is 1. The molecule has 2 aromatic rings. The van der Waals surface area contributed by atoms with Gasteiger partial charge in [0.25, 0.3) is 0 Å². The van der Waals surface area contributed by atoms with Crippen molar-refractivity contribution in [3.05, 3.63) is 42.5 Å². The minimum Gasteiger partial charge on any atom is -0.486 e. The van der Waals surface area contributed by atoms with E-state index in [1.807, 2.05) is 36.9 Å². The molecule has 0 radical (unpaired) electrons. The minimum atomic E-state index is -3.20. The van der Waals surface area contributed by atoms with E-state index in [1.165, 1.54) is 4.31 Å². The minimum absolute atomic E-state index is 0.0673. The molecule has 30 heavy (non-hydrogen) atoms. The highest BCUT2D eigenvalue weighted by Gasteiger charge is 2.30. The molecule has 9 heteroatoms. The molecule has 0 aliphatic carbocycles. The molecule has 0 saturated carbocycles. The summed E-state index contributed by atoms with van der Waals surface area (Å²) in [5.74, 6) is 1.47. The van der Waals surface area contributed by atoms with Crippen LogP contribution in [0.1, 0.15) is 38.4 Å². The van der Waals surface area contributed by atoms with Crippen LogP contribution in [0.4, 0.5) is 5.69 Å². The molecule has 8 nitrogen and oxygen atoms in total. The van der Waals surface area contributed by atoms with Gasteiger partial charge in [0.15, 0.2) is 0 Å². The SMILES string of the molecule is CCCCS(=O)(=O)N1CCC(C(=O)Nc2ccc(OCc3nccn3C)cc2)CC1. The molecule has 3 rings (SSSR count). The topological polar surface area (TPSA) is 93.5 Å². The Morgan fingerprint density at radius 3 is 2.53 bits per heavy atom. The zero-order chi connectivity index (χ0) is 21.6. The van der Waals surface area contributed by atoms with E-state index in [0.29, 0.717) is 50.4 Å². The van der Waals surface area contributed by atoms with Crippen molar-refractivity contribution >= 4 is 21.6 Å². The van der Waals surface area contributed by atoms with E-state index < -0.39 is 10.0 Å². The van der Waals surface area contributed by atoms with Gasteiger partial charge in [-0.2, -0.15) is 0 Å². The molecule has 0 unspecified atom stereocenters. The number of unbranched alkanes of at least 4 members (excludes halogenated alkanes) is 1. The number of hydrogen-bond donors (Lipinski definition) is 1. The number of carbonyl (C=O) groups excluding carboxylic acids is 1. The summed E-state index contributed by atoms with van der Waals surface area (Å²) in [6, 6.07) is 7.22. The molecular formula is C21H30N4O4S. The highest BCUT2D eigenvalue weighted by Crippen LogP contribution is 2.23. The second-order valence-electron chi connectivity index (χ2n) is 7.60. The smallest absolute Gasteiger partial charge is 0.227 e. The third-order valence-electron chi connectivity index (χ3n) is 5.38. The van der Waals surface area contributed by atoms with Crippen LogP contribution in [0.3, 0.4) is 0 Å². The van der Waals surface area contributed by atoms with Crippen LogP contribution in [0.2, 0.25) is 0 Å². The maximum Gasteiger partial charge on any atom is 0.227 e. The number of rotatable bonds is 9. The van der Waals surface area contributed by atoms with Crippen molar-refractivity contribution in [1.82, 2.24) is 13.9 Å². The van der Waals surface area contributed by atoms with Gasteiger partial charge >= 0.3 is 0 Å². The van der Waals surface area contributed by atoms with Crippen LogP contribution in [0, 0.1) is 5.92 Å². The number of carbonyl (C=O) groups is 1. The summed E-state index contributed by atoms with van der Waals surface area (Å²) in [5.41, 5.74) is 0.697. The molecule has 1 amide bonds. The third-order valence-corrected chi connectivity index (χ3v) is 7.34. The normalized spacial score (nSPS) is 15.8. The molecule has 1 N–H and O–H groups in total. The first-order valence-corrected chi connectivity index (χ1v) is 12.0. The molecule has 1 fully saturated rings. The maximum atomic E-state index is 12.6. The van der Waals surface area contributed by atoms with Crippen molar-refractivity contribution in [2.24, 2.45) is 13.0 Å². The van der Waals surface area contributed by atoms with Gasteiger partial charge in [-0.15, -0.1) is 0 Å². The lowest BCUT2D eigenvalue weighted by molar-refractivity contribution is -0.120. The van der Waals surface area contributed by atoms with Gasteiger partial charge in [0.2, 0.25) is 15.9 Å². The van der Waals surface area contributed by atoms with Crippen LogP contribution in [0.5, 0.6) is 5.75 Å². The molecule has 1 saturated heterocycles. The van der Waals surface area contributed by atoms with Crippen LogP contribution < -0.4 is 10.1 Å². The maximum absolute atomic E-state index is 12.6. The number of benzene rings is 1. The quantitative estimate of drug-likeness (QED) is 0.655. The Balaban J connectivity index is 1.46. The van der Waals surface area contributed by atoms with Crippen molar-refractivity contribution in [2.75, 3.05) is 24.2 Å². The number of nitrogens with one attached hydrogen (secondary N) is 1. The van der Waals surface area contributed by atoms with E-state index in [-0.39, 0.29) is 17.6 Å². The fraction of sp³-hybridized carbons (Fsp3) is 0.524. The Labute approximate surface area is 178 Å². The number of anilines is 1. The predicted octanol–water partition coefficient (Wildman–Crippen LogP) is 2.78. The number of amides is 1. The Morgan fingerprint density at radius 2 is 1.93 bits per heavy atom. The van der Waals surface area contributed by atoms with E-state index in [2.05, 4.69) is 10.3 Å². The summed E-state index contributed by atoms with van der Waals surface area (Å²) in [7, 11) is -1.29. The van der Waals surface area contributed by atoms with Crippen LogP contribution in [0.15, 0.2) is 36.7 Å². The van der Waals surface area contributed by atoms with Gasteiger partial charge in [-0.3, -0.25) is 4.79 Å². The Morgan fingerprint density at radius 1 is 1.23 bits per heavy atom. The van der Waals surface area contributed by atoms with Crippen LogP contribution in [-0.4, -0.2) is 47.0 Å². The number of aryl methyl sites for hydroxylation is 1. The first-order valence-electron chi connectivity index (χ1n) is 10.4. The van der Waals surface area contributed by atoms with E-state index >= 15 is 0 Å². The van der Waals surface area contributed by atoms with Gasteiger partial charge in [-0.05, 0) is 43.5 Å². The lowest BCUT2D eigenvalue weighted by Crippen LogP contribution is -2.42. The molecule has 1 aliphatic heterocycles. The fourth-order valence-corrected chi connectivity index (χ4v) is 5.09. The highest BCUT2D eigenvalue weighted by molar-refractivity contribution is 7.89. The average Bonchev–Trinajstić information content (AvgIpc) is 3.16. The summed E-state index contributed by atoms with van der Waals surface area (Å²) in [5, 5.41) is 2.93. The summed E-state index contributed by atoms with van der Waals surface area (Å²) in [6.45, 7) is 3.16. The number of piperidine rings is 1. The number of sulfonamides is 1. The van der Waals surface area contributed by atoms with Gasteiger partial charge in [0.05, 0.1) is 5.75 Å². The average molecular weight is 435 g/mol. The monoisotopic (exact) mass is 434 g/mol. The van der Waals surface area contributed by atoms with Crippen molar-refractivity contribution in [3.63, 3.8) is 0 Å². The van der Waals surface area contributed by atoms with Gasteiger partial charge in [-0.1, -0.05) is 13.3 Å². The zero-order valence-corrected chi connectivity index (χ0v) is 18.4. The Bertz CT molecular complexity index is 932. The fourth-order valence-electron chi connectivity index (χ4n) is 3.41. The lowest BCUT2D eigenvalue weighted by atomic mass is 9.97. The van der Waals surface area contributed by atoms with Crippen molar-refractivity contribution in [3.8, 4) is 5.75 Å². The molecule has 1 aliphatic rings. The van der Waals surface area contributed by atoms with Crippen molar-refractivity contribution < 1.29 is 17.9 Å². The van der Waals surface area contributed by atoms with Crippen LogP contribution >= 0.6 is 0 Å². The van der Waals surface area contributed by atoms with Gasteiger partial charge in [0.1, 0.15) is 18.2 Å². The second-order valence-corrected chi connectivity index (χ2v) is 9.69. The van der Waals surface area contributed by atoms with E-state index in [9.17, 15) is 13.2 Å². The zero-order valence-electron chi connectivity index (χ0n) is 17.6. The third kappa shape index (κ3) is 5.82. The van der Waals surface area contributed by atoms with E-state index in [1.54, 1.807) is 18.3 Å². The van der Waals surface area contributed by atoms with Crippen LogP contribution in [-0.2, 0) is 28.5 Å². The largest absolute Gasteiger partial charge is 0.486 e. The lowest BCUT2D eigenvalue weighted by Gasteiger charge is -2.30. The summed E-state index contributed by atoms with van der Waals surface area (Å²) >= 11 is 0. The standard InChI is InChI=1S/C21H30N4O4S/c1-3-4-15-30(27,28)25-12-9-17(10-13-25)21(26)23-18-5-7-19(8-6-18)29-16-20-22-11-14-24(20)2/h5-8,11,14,17H,3-4,9-10,12-13,15-16H2,1-2H3,(H,23,26). The van der Waals surface area contributed by atoms with Crippen LogP contribution in [0.25, 0.3) is 0 Å². The predicted molar refractivity (Wildman–Crippen MR) is 116 cm³/mol. The molecule has 0 spiro atoms. The Kier molecular flexibility index (Phi) is 7.49. The number of aromatic nitrogens is 2. The molecule has 164 valence electrons. The first-order chi connectivity index (χ1) is 14.4. The number of nitrogens with zero attached hydrogens (tertiary/aromatic N) is 3. The molecule has 0 atom stereocenters. The first kappa shape index (κ1) is 22.3. The second kappa shape index (κ2) is 10.1. The number of imidazole rings is 1. The molecular weight excluding hydrogens is 404 g/mol. The molecule has 2 heterocycles. The van der Waals surface area contributed by atoms with E-state index in [4.69, 9.17) is 4.74 Å². The Hall–Kier alpha value is -2.39. The van der Waals surface area contributed by atoms with Gasteiger partial charge < -0.3 is 14.6 Å². The summed E-state index contributed by atoms with van der Waals surface area (Å²) in [4.78, 5) is 16.8. The summed E-state index contributed by atoms with van der Waals surface area (Å²) in [6.07, 6.45) is 6.20. The number of hydrogen-bond acceptors (Lipinski definition) is 5. The van der Waals surface area contributed by atoms with Crippen molar-refractivity contribution in [2.45, 2.75) is 39.2 Å². The van der Waals surface area contributed by atoms with Gasteiger partial charge in [-0.25, -0.2) is 17.7 Å². The highest BCUT2D eigenvalue weighted by atomic mass is 32.2. The molecule has 1 aromatic carbocycles. The summed E-state index contributed by atoms with van der Waals surface area (Å²) < 4.78 is 33.7. The molecule has 0 bridgehead atoms. The van der Waals surface area contributed by atoms with Gasteiger partial charge in [0, 0.05) is 44.1 Å². The van der Waals surface area contributed by atoms with Crippen molar-refractivity contribution in [1.29, 1.82) is 0 Å².